The molecule has 0 radical (unpaired) electrons. The van der Waals surface area contributed by atoms with E-state index in [1.807, 2.05) is 59.6 Å². The van der Waals surface area contributed by atoms with E-state index in [1.165, 1.54) is 33.8 Å². The molecule has 1 N–H and O–H groups in total. The molecular formula is C29H28ClN3O2S. The number of benzene rings is 2. The van der Waals surface area contributed by atoms with E-state index in [9.17, 15) is 4.79 Å². The van der Waals surface area contributed by atoms with Crippen LogP contribution in [0.5, 0.6) is 5.75 Å². The number of urea groups is 1. The quantitative estimate of drug-likeness (QED) is 0.305. The van der Waals surface area contributed by atoms with Gasteiger partial charge in [-0.2, -0.15) is 0 Å². The number of anilines is 1. The SMILES string of the molecule is COc1cccc([C@@H]2c3cccn3-c3sc4c(c3CN2C(=O)Nc2ccc(C)cc2Cl)CCCC4)c1. The fourth-order valence-corrected chi connectivity index (χ4v) is 7.14. The van der Waals surface area contributed by atoms with Crippen molar-refractivity contribution in [2.24, 2.45) is 0 Å². The Morgan fingerprint density at radius 3 is 2.78 bits per heavy atom. The average Bonchev–Trinajstić information content (AvgIpc) is 3.47. The van der Waals surface area contributed by atoms with Crippen LogP contribution in [0.4, 0.5) is 10.5 Å². The molecular weight excluding hydrogens is 490 g/mol. The van der Waals surface area contributed by atoms with Gasteiger partial charge in [-0.25, -0.2) is 4.79 Å². The monoisotopic (exact) mass is 517 g/mol. The minimum absolute atomic E-state index is 0.176. The molecule has 0 unspecified atom stereocenters. The van der Waals surface area contributed by atoms with Crippen molar-refractivity contribution in [1.29, 1.82) is 0 Å². The first-order chi connectivity index (χ1) is 17.5. The summed E-state index contributed by atoms with van der Waals surface area (Å²) in [5, 5.41) is 4.88. The van der Waals surface area contributed by atoms with Crippen LogP contribution in [0.15, 0.2) is 60.8 Å². The molecule has 2 aromatic heterocycles. The molecule has 0 saturated heterocycles. The van der Waals surface area contributed by atoms with Gasteiger partial charge in [0.25, 0.3) is 0 Å². The van der Waals surface area contributed by atoms with Gasteiger partial charge in [-0.05, 0) is 85.7 Å². The van der Waals surface area contributed by atoms with Crippen molar-refractivity contribution in [1.82, 2.24) is 9.47 Å². The van der Waals surface area contributed by atoms with Crippen LogP contribution in [0.1, 0.15) is 51.7 Å². The van der Waals surface area contributed by atoms with E-state index in [1.54, 1.807) is 7.11 Å². The number of ether oxygens (including phenoxy) is 1. The summed E-state index contributed by atoms with van der Waals surface area (Å²) in [6.07, 6.45) is 6.74. The van der Waals surface area contributed by atoms with Gasteiger partial charge in [0, 0.05) is 16.6 Å². The summed E-state index contributed by atoms with van der Waals surface area (Å²) in [5.41, 5.74) is 6.42. The lowest BCUT2D eigenvalue weighted by Gasteiger charge is -2.31. The molecule has 184 valence electrons. The second-order valence-corrected chi connectivity index (χ2v) is 11.0. The Hall–Kier alpha value is -3.22. The van der Waals surface area contributed by atoms with Crippen molar-refractivity contribution < 1.29 is 9.53 Å². The zero-order chi connectivity index (χ0) is 24.8. The fraction of sp³-hybridized carbons (Fsp3) is 0.276. The lowest BCUT2D eigenvalue weighted by Crippen LogP contribution is -2.38. The molecule has 1 aliphatic heterocycles. The second-order valence-electron chi connectivity index (χ2n) is 9.52. The van der Waals surface area contributed by atoms with Crippen LogP contribution in [0.2, 0.25) is 5.02 Å². The highest BCUT2D eigenvalue weighted by Crippen LogP contribution is 2.44. The van der Waals surface area contributed by atoms with Crippen LogP contribution in [-0.2, 0) is 19.4 Å². The van der Waals surface area contributed by atoms with E-state index in [2.05, 4.69) is 34.3 Å². The van der Waals surface area contributed by atoms with Gasteiger partial charge >= 0.3 is 6.03 Å². The number of carbonyl (C=O) groups is 1. The van der Waals surface area contributed by atoms with Gasteiger partial charge in [-0.1, -0.05) is 29.8 Å². The number of methoxy groups -OCH3 is 1. The molecule has 1 atom stereocenters. The van der Waals surface area contributed by atoms with Crippen molar-refractivity contribution >= 4 is 34.7 Å². The highest BCUT2D eigenvalue weighted by Gasteiger charge is 2.36. The predicted molar refractivity (Wildman–Crippen MR) is 146 cm³/mol. The highest BCUT2D eigenvalue weighted by molar-refractivity contribution is 7.15. The predicted octanol–water partition coefficient (Wildman–Crippen LogP) is 7.53. The topological polar surface area (TPSA) is 46.5 Å². The van der Waals surface area contributed by atoms with Crippen LogP contribution in [0.3, 0.4) is 0 Å². The maximum Gasteiger partial charge on any atom is 0.323 e. The molecule has 0 spiro atoms. The molecule has 7 heteroatoms. The smallest absolute Gasteiger partial charge is 0.323 e. The summed E-state index contributed by atoms with van der Waals surface area (Å²) in [5.74, 6) is 0.768. The van der Waals surface area contributed by atoms with Crippen LogP contribution in [0, 0.1) is 6.92 Å². The van der Waals surface area contributed by atoms with E-state index < -0.39 is 0 Å². The Morgan fingerprint density at radius 1 is 1.08 bits per heavy atom. The number of amides is 2. The molecule has 4 aromatic rings. The number of hydrogen-bond donors (Lipinski definition) is 1. The first-order valence-electron chi connectivity index (χ1n) is 12.3. The lowest BCUT2D eigenvalue weighted by molar-refractivity contribution is 0.194. The van der Waals surface area contributed by atoms with Gasteiger partial charge in [-0.3, -0.25) is 0 Å². The van der Waals surface area contributed by atoms with Crippen LogP contribution in [-0.4, -0.2) is 22.6 Å². The Morgan fingerprint density at radius 2 is 1.94 bits per heavy atom. The van der Waals surface area contributed by atoms with E-state index >= 15 is 0 Å². The number of nitrogens with one attached hydrogen (secondary N) is 1. The van der Waals surface area contributed by atoms with Gasteiger partial charge in [-0.15, -0.1) is 11.3 Å². The molecule has 36 heavy (non-hydrogen) atoms. The zero-order valence-corrected chi connectivity index (χ0v) is 22.0. The number of aryl methyl sites for hydroxylation is 2. The van der Waals surface area contributed by atoms with E-state index in [0.717, 1.165) is 35.4 Å². The number of halogens is 1. The Labute approximate surface area is 220 Å². The van der Waals surface area contributed by atoms with Gasteiger partial charge < -0.3 is 19.5 Å². The molecule has 5 nitrogen and oxygen atoms in total. The second kappa shape index (κ2) is 9.34. The molecule has 2 aromatic carbocycles. The van der Waals surface area contributed by atoms with E-state index in [4.69, 9.17) is 16.3 Å². The van der Waals surface area contributed by atoms with Gasteiger partial charge in [0.1, 0.15) is 10.8 Å². The van der Waals surface area contributed by atoms with E-state index in [0.29, 0.717) is 17.3 Å². The number of nitrogens with zero attached hydrogens (tertiary/aromatic N) is 2. The number of rotatable bonds is 3. The molecule has 0 bridgehead atoms. The minimum Gasteiger partial charge on any atom is -0.497 e. The minimum atomic E-state index is -0.293. The Bertz CT molecular complexity index is 1460. The number of fused-ring (bicyclic) bond motifs is 5. The molecule has 6 rings (SSSR count). The number of carbonyl (C=O) groups excluding carboxylic acids is 1. The maximum atomic E-state index is 14.0. The van der Waals surface area contributed by atoms with Crippen molar-refractivity contribution in [3.63, 3.8) is 0 Å². The molecule has 0 saturated carbocycles. The zero-order valence-electron chi connectivity index (χ0n) is 20.4. The standard InChI is InChI=1S/C29H28ClN3O2S/c1-18-12-13-24(23(30)15-18)31-29(34)33-17-22-21-9-3-4-11-26(21)36-28(22)32-14-6-10-25(32)27(33)19-7-5-8-20(16-19)35-2/h5-8,10,12-16,27H,3-4,9,11,17H2,1-2H3,(H,31,34)/t27-/m1/s1. The fourth-order valence-electron chi connectivity index (χ4n) is 5.46. The lowest BCUT2D eigenvalue weighted by atomic mass is 9.95. The highest BCUT2D eigenvalue weighted by atomic mass is 35.5. The Balaban J connectivity index is 1.50. The summed E-state index contributed by atoms with van der Waals surface area (Å²) >= 11 is 8.39. The van der Waals surface area contributed by atoms with Gasteiger partial charge in [0.05, 0.1) is 36.1 Å². The summed E-state index contributed by atoms with van der Waals surface area (Å²) in [4.78, 5) is 17.5. The molecule has 2 amide bonds. The first kappa shape index (κ1) is 23.2. The van der Waals surface area contributed by atoms with Crippen LogP contribution < -0.4 is 10.1 Å². The first-order valence-corrected chi connectivity index (χ1v) is 13.5. The average molecular weight is 518 g/mol. The molecule has 1 aliphatic carbocycles. The molecule has 2 aliphatic rings. The summed E-state index contributed by atoms with van der Waals surface area (Å²) < 4.78 is 7.83. The van der Waals surface area contributed by atoms with Crippen LogP contribution in [0.25, 0.3) is 5.00 Å². The number of aromatic nitrogens is 1. The number of hydrogen-bond acceptors (Lipinski definition) is 3. The third kappa shape index (κ3) is 3.98. The Kier molecular flexibility index (Phi) is 6.02. The van der Waals surface area contributed by atoms with Crippen molar-refractivity contribution in [2.75, 3.05) is 12.4 Å². The summed E-state index contributed by atoms with van der Waals surface area (Å²) in [6, 6.07) is 17.4. The largest absolute Gasteiger partial charge is 0.497 e. The maximum absolute atomic E-state index is 14.0. The van der Waals surface area contributed by atoms with Gasteiger partial charge in [0.15, 0.2) is 0 Å². The third-order valence-electron chi connectivity index (χ3n) is 7.22. The molecule has 0 fully saturated rings. The third-order valence-corrected chi connectivity index (χ3v) is 8.86. The molecule has 3 heterocycles. The van der Waals surface area contributed by atoms with Crippen molar-refractivity contribution in [3.8, 4) is 10.8 Å². The summed E-state index contributed by atoms with van der Waals surface area (Å²) in [6.45, 7) is 2.51. The number of thiophene rings is 1. The summed E-state index contributed by atoms with van der Waals surface area (Å²) in [7, 11) is 1.67. The van der Waals surface area contributed by atoms with E-state index in [-0.39, 0.29) is 12.1 Å². The normalized spacial score (nSPS) is 16.5. The van der Waals surface area contributed by atoms with Gasteiger partial charge in [0.2, 0.25) is 0 Å². The van der Waals surface area contributed by atoms with Crippen molar-refractivity contribution in [2.45, 2.75) is 45.2 Å². The van der Waals surface area contributed by atoms with Crippen molar-refractivity contribution in [3.05, 3.63) is 98.6 Å². The van der Waals surface area contributed by atoms with Crippen LogP contribution >= 0.6 is 22.9 Å².